The van der Waals surface area contributed by atoms with Gasteiger partial charge in [0.2, 0.25) is 0 Å². The molecule has 1 amide bonds. The molecule has 3 heterocycles. The van der Waals surface area contributed by atoms with Gasteiger partial charge in [0.1, 0.15) is 30.5 Å². The Morgan fingerprint density at radius 2 is 1.76 bits per heavy atom. The minimum Gasteiger partial charge on any atom is -0.450 e. The molecule has 12 heteroatoms. The Balaban J connectivity index is 1.36. The first kappa shape index (κ1) is 29.8. The molecule has 3 atom stereocenters. The number of hydrogen-bond donors (Lipinski definition) is 1. The zero-order chi connectivity index (χ0) is 29.9. The summed E-state index contributed by atoms with van der Waals surface area (Å²) in [7, 11) is -2.07. The van der Waals surface area contributed by atoms with Crippen molar-refractivity contribution in [3.05, 3.63) is 78.9 Å². The topological polar surface area (TPSA) is 110 Å². The number of anilines is 1. The number of hydrogen-bond acceptors (Lipinski definition) is 9. The maximum absolute atomic E-state index is 12.8. The number of nitrogens with zero attached hydrogens (tertiary/aromatic N) is 4. The van der Waals surface area contributed by atoms with Crippen molar-refractivity contribution < 1.29 is 23.4 Å². The lowest BCUT2D eigenvalue weighted by Gasteiger charge is -2.37. The van der Waals surface area contributed by atoms with Gasteiger partial charge in [-0.05, 0) is 42.4 Å². The van der Waals surface area contributed by atoms with Gasteiger partial charge in [0.15, 0.2) is 25.3 Å². The van der Waals surface area contributed by atoms with Crippen molar-refractivity contribution >= 4 is 48.7 Å². The molecule has 1 aliphatic heterocycles. The number of rotatable bonds is 8. The third-order valence-electron chi connectivity index (χ3n) is 7.72. The quantitative estimate of drug-likeness (QED) is 0.187. The van der Waals surface area contributed by atoms with E-state index in [1.54, 1.807) is 30.6 Å². The molecule has 2 aromatic carbocycles. The fraction of sp³-hybridized carbons (Fsp3) is 0.367. The Bertz CT molecular complexity index is 1540. The van der Waals surface area contributed by atoms with E-state index in [0.717, 1.165) is 0 Å². The van der Waals surface area contributed by atoms with E-state index in [1.807, 2.05) is 41.0 Å². The SMILES string of the molecule is CC(C)(C)[Si](C)(C)OC[C@H]1O[C@@H](n2cnc3c(NC(=O)c4ccccc4)ncnc32)C[C@@H]1OC(=S)Oc1ccccc1. The molecule has 2 aromatic heterocycles. The molecule has 42 heavy (non-hydrogen) atoms. The predicted octanol–water partition coefficient (Wildman–Crippen LogP) is 6.14. The Hall–Kier alpha value is -3.71. The standard InChI is InChI=1S/C30H35N5O5SSi/c1-30(2,3)42(4,5)37-17-23-22(40-29(41)38-21-14-10-7-11-15-21)16-24(39-23)35-19-33-25-26(31-18-32-27(25)35)34-28(36)20-12-8-6-9-13-20/h6-15,18-19,22-24H,16-17H2,1-5H3,(H,31,32,34,36)/t22-,23+,24+/m0/s1. The van der Waals surface area contributed by atoms with E-state index in [2.05, 4.69) is 54.1 Å². The average Bonchev–Trinajstić information content (AvgIpc) is 3.57. The monoisotopic (exact) mass is 605 g/mol. The Morgan fingerprint density at radius 1 is 1.07 bits per heavy atom. The molecule has 0 unspecified atom stereocenters. The van der Waals surface area contributed by atoms with Crippen molar-refractivity contribution in [2.45, 2.75) is 63.8 Å². The van der Waals surface area contributed by atoms with Crippen LogP contribution in [0.4, 0.5) is 5.82 Å². The van der Waals surface area contributed by atoms with Gasteiger partial charge in [-0.2, -0.15) is 0 Å². The van der Waals surface area contributed by atoms with Gasteiger partial charge in [0.25, 0.3) is 5.91 Å². The second kappa shape index (κ2) is 12.3. The molecule has 1 aliphatic rings. The lowest BCUT2D eigenvalue weighted by atomic mass is 10.2. The molecule has 1 N–H and O–H groups in total. The summed E-state index contributed by atoms with van der Waals surface area (Å²) in [5, 5.41) is 2.89. The minimum absolute atomic E-state index is 0.0106. The van der Waals surface area contributed by atoms with E-state index >= 15 is 0 Å². The molecule has 0 spiro atoms. The van der Waals surface area contributed by atoms with Gasteiger partial charge in [0, 0.05) is 24.2 Å². The molecule has 220 valence electrons. The van der Waals surface area contributed by atoms with Gasteiger partial charge in [-0.3, -0.25) is 9.36 Å². The number of benzene rings is 2. The van der Waals surface area contributed by atoms with E-state index in [4.69, 9.17) is 30.9 Å². The molecule has 10 nitrogen and oxygen atoms in total. The highest BCUT2D eigenvalue weighted by molar-refractivity contribution is 7.79. The molecule has 0 radical (unpaired) electrons. The van der Waals surface area contributed by atoms with Crippen LogP contribution in [-0.2, 0) is 13.9 Å². The van der Waals surface area contributed by atoms with Crippen LogP contribution < -0.4 is 10.1 Å². The molecule has 0 saturated carbocycles. The minimum atomic E-state index is -2.07. The van der Waals surface area contributed by atoms with Crippen molar-refractivity contribution in [1.82, 2.24) is 19.5 Å². The predicted molar refractivity (Wildman–Crippen MR) is 166 cm³/mol. The van der Waals surface area contributed by atoms with Gasteiger partial charge in [0.05, 0.1) is 12.9 Å². The van der Waals surface area contributed by atoms with Crippen molar-refractivity contribution in [2.24, 2.45) is 0 Å². The first-order chi connectivity index (χ1) is 20.0. The van der Waals surface area contributed by atoms with Crippen LogP contribution in [0.2, 0.25) is 18.1 Å². The third kappa shape index (κ3) is 6.67. The molecule has 1 saturated heterocycles. The van der Waals surface area contributed by atoms with Crippen molar-refractivity contribution in [2.75, 3.05) is 11.9 Å². The van der Waals surface area contributed by atoms with Crippen LogP contribution in [-0.4, -0.2) is 57.8 Å². The van der Waals surface area contributed by atoms with Crippen LogP contribution in [0.5, 0.6) is 5.75 Å². The molecule has 1 fully saturated rings. The second-order valence-corrected chi connectivity index (χ2v) is 16.8. The van der Waals surface area contributed by atoms with Gasteiger partial charge in [-0.15, -0.1) is 0 Å². The lowest BCUT2D eigenvalue weighted by Crippen LogP contribution is -2.44. The number of carbonyl (C=O) groups excluding carboxylic acids is 1. The summed E-state index contributed by atoms with van der Waals surface area (Å²) in [4.78, 5) is 26.0. The summed E-state index contributed by atoms with van der Waals surface area (Å²) in [6.07, 6.45) is 2.15. The molecule has 5 rings (SSSR count). The van der Waals surface area contributed by atoms with E-state index in [0.29, 0.717) is 41.3 Å². The molecular weight excluding hydrogens is 571 g/mol. The number of carbonyl (C=O) groups is 1. The molecule has 0 bridgehead atoms. The van der Waals surface area contributed by atoms with Crippen LogP contribution in [0.3, 0.4) is 0 Å². The number of fused-ring (bicyclic) bond motifs is 1. The number of thiocarbonyl (C=S) groups is 1. The normalized spacial score (nSPS) is 19.0. The summed E-state index contributed by atoms with van der Waals surface area (Å²) >= 11 is 5.44. The number of imidazole rings is 1. The van der Waals surface area contributed by atoms with Crippen LogP contribution in [0.25, 0.3) is 11.2 Å². The Morgan fingerprint density at radius 3 is 2.45 bits per heavy atom. The molecular formula is C30H35N5O5SSi. The maximum atomic E-state index is 12.8. The van der Waals surface area contributed by atoms with Crippen molar-refractivity contribution in [3.63, 3.8) is 0 Å². The summed E-state index contributed by atoms with van der Waals surface area (Å²) in [5.74, 6) is 0.619. The van der Waals surface area contributed by atoms with E-state index < -0.39 is 26.8 Å². The van der Waals surface area contributed by atoms with Gasteiger partial charge in [-0.25, -0.2) is 15.0 Å². The van der Waals surface area contributed by atoms with Crippen LogP contribution in [0, 0.1) is 0 Å². The fourth-order valence-corrected chi connectivity index (χ4v) is 5.54. The van der Waals surface area contributed by atoms with E-state index in [9.17, 15) is 4.79 Å². The first-order valence-electron chi connectivity index (χ1n) is 13.8. The second-order valence-electron chi connectivity index (χ2n) is 11.6. The van der Waals surface area contributed by atoms with Crippen LogP contribution >= 0.6 is 12.2 Å². The van der Waals surface area contributed by atoms with Gasteiger partial charge in [-0.1, -0.05) is 57.2 Å². The highest BCUT2D eigenvalue weighted by Crippen LogP contribution is 2.39. The smallest absolute Gasteiger partial charge is 0.358 e. The highest BCUT2D eigenvalue weighted by Gasteiger charge is 2.43. The number of aromatic nitrogens is 4. The number of para-hydroxylation sites is 1. The largest absolute Gasteiger partial charge is 0.450 e. The summed E-state index contributed by atoms with van der Waals surface area (Å²) < 4.78 is 26.7. The molecule has 4 aromatic rings. The van der Waals surface area contributed by atoms with Crippen molar-refractivity contribution in [3.8, 4) is 5.75 Å². The third-order valence-corrected chi connectivity index (χ3v) is 12.4. The van der Waals surface area contributed by atoms with Gasteiger partial charge >= 0.3 is 5.24 Å². The zero-order valence-corrected chi connectivity index (χ0v) is 26.1. The maximum Gasteiger partial charge on any atom is 0.358 e. The fourth-order valence-electron chi connectivity index (χ4n) is 4.31. The van der Waals surface area contributed by atoms with E-state index in [1.165, 1.54) is 6.33 Å². The zero-order valence-electron chi connectivity index (χ0n) is 24.3. The number of amides is 1. The summed E-state index contributed by atoms with van der Waals surface area (Å²) in [6.45, 7) is 11.3. The Labute approximate surface area is 251 Å². The lowest BCUT2D eigenvalue weighted by molar-refractivity contribution is -0.0401. The van der Waals surface area contributed by atoms with E-state index in [-0.39, 0.29) is 16.2 Å². The van der Waals surface area contributed by atoms with Crippen LogP contribution in [0.1, 0.15) is 43.8 Å². The Kier molecular flexibility index (Phi) is 8.69. The van der Waals surface area contributed by atoms with Crippen LogP contribution in [0.15, 0.2) is 73.3 Å². The average molecular weight is 606 g/mol. The highest BCUT2D eigenvalue weighted by atomic mass is 32.1. The number of ether oxygens (including phenoxy) is 3. The summed E-state index contributed by atoms with van der Waals surface area (Å²) in [5.41, 5.74) is 1.49. The summed E-state index contributed by atoms with van der Waals surface area (Å²) in [6, 6.07) is 18.2. The molecule has 0 aliphatic carbocycles. The van der Waals surface area contributed by atoms with Gasteiger partial charge < -0.3 is 24.0 Å². The number of nitrogens with one attached hydrogen (secondary N) is 1. The first-order valence-corrected chi connectivity index (χ1v) is 17.1. The van der Waals surface area contributed by atoms with Crippen molar-refractivity contribution in [1.29, 1.82) is 0 Å².